The number of carbonyl (C=O) groups is 1. The normalized spacial score (nSPS) is 17.4. The maximum atomic E-state index is 12.5. The molecule has 1 fully saturated rings. The predicted octanol–water partition coefficient (Wildman–Crippen LogP) is 5.31. The van der Waals surface area contributed by atoms with Crippen molar-refractivity contribution < 1.29 is 4.79 Å². The molecule has 1 amide bonds. The number of amides is 1. The van der Waals surface area contributed by atoms with Gasteiger partial charge in [0, 0.05) is 22.5 Å². The number of nitrogens with one attached hydrogen (secondary N) is 1. The van der Waals surface area contributed by atoms with Gasteiger partial charge >= 0.3 is 0 Å². The Kier molecular flexibility index (Phi) is 4.57. The van der Waals surface area contributed by atoms with Gasteiger partial charge < -0.3 is 9.88 Å². The maximum Gasteiger partial charge on any atom is 0.225 e. The molecular weight excluding hydrogens is 390 g/mol. The van der Waals surface area contributed by atoms with E-state index < -0.39 is 0 Å². The standard InChI is InChI=1S/C21H22BrN3O/c1-13(2)21(26)25-9-3-4-19(25)20-23-12-18(24-20)16-6-5-15-11-17(22)8-7-14(15)10-16/h5-8,10-13,19H,3-4,9H2,1-2H3,(H,23,24)/t19-/m0/s1. The van der Waals surface area contributed by atoms with Crippen molar-refractivity contribution in [2.75, 3.05) is 6.54 Å². The fourth-order valence-corrected chi connectivity index (χ4v) is 4.06. The number of hydrogen-bond acceptors (Lipinski definition) is 2. The van der Waals surface area contributed by atoms with Crippen molar-refractivity contribution in [3.63, 3.8) is 0 Å². The van der Waals surface area contributed by atoms with Crippen LogP contribution in [0, 0.1) is 5.92 Å². The topological polar surface area (TPSA) is 49.0 Å². The van der Waals surface area contributed by atoms with E-state index in [2.05, 4.69) is 62.3 Å². The first-order chi connectivity index (χ1) is 12.5. The van der Waals surface area contributed by atoms with Gasteiger partial charge in [-0.1, -0.05) is 48.0 Å². The molecule has 1 N–H and O–H groups in total. The van der Waals surface area contributed by atoms with Gasteiger partial charge in [0.25, 0.3) is 0 Å². The second kappa shape index (κ2) is 6.88. The summed E-state index contributed by atoms with van der Waals surface area (Å²) in [5, 5.41) is 2.40. The lowest BCUT2D eigenvalue weighted by Gasteiger charge is -2.25. The highest BCUT2D eigenvalue weighted by Gasteiger charge is 2.32. The molecule has 0 bridgehead atoms. The molecular formula is C21H22BrN3O. The van der Waals surface area contributed by atoms with Crippen molar-refractivity contribution >= 4 is 32.6 Å². The number of likely N-dealkylation sites (tertiary alicyclic amines) is 1. The van der Waals surface area contributed by atoms with Crippen LogP contribution in [0.2, 0.25) is 0 Å². The van der Waals surface area contributed by atoms with Gasteiger partial charge in [0.05, 0.1) is 17.9 Å². The van der Waals surface area contributed by atoms with E-state index in [0.29, 0.717) is 0 Å². The van der Waals surface area contributed by atoms with E-state index in [-0.39, 0.29) is 17.9 Å². The number of carbonyl (C=O) groups excluding carboxylic acids is 1. The number of benzene rings is 2. The van der Waals surface area contributed by atoms with E-state index in [1.807, 2.05) is 24.9 Å². The SMILES string of the molecule is CC(C)C(=O)N1CCC[C@H]1c1ncc(-c2ccc3cc(Br)ccc3c2)[nH]1. The first-order valence-electron chi connectivity index (χ1n) is 9.08. The fourth-order valence-electron chi connectivity index (χ4n) is 3.68. The molecule has 1 saturated heterocycles. The molecule has 2 heterocycles. The average Bonchev–Trinajstić information content (AvgIpc) is 3.29. The second-order valence-electron chi connectivity index (χ2n) is 7.23. The zero-order chi connectivity index (χ0) is 18.3. The molecule has 4 nitrogen and oxygen atoms in total. The molecule has 26 heavy (non-hydrogen) atoms. The van der Waals surface area contributed by atoms with E-state index >= 15 is 0 Å². The van der Waals surface area contributed by atoms with E-state index in [0.717, 1.165) is 40.9 Å². The summed E-state index contributed by atoms with van der Waals surface area (Å²) < 4.78 is 1.08. The summed E-state index contributed by atoms with van der Waals surface area (Å²) in [7, 11) is 0. The molecule has 0 aliphatic carbocycles. The third kappa shape index (κ3) is 3.16. The molecule has 5 heteroatoms. The van der Waals surface area contributed by atoms with E-state index in [4.69, 9.17) is 0 Å². The lowest BCUT2D eigenvalue weighted by molar-refractivity contribution is -0.135. The van der Waals surface area contributed by atoms with Gasteiger partial charge in [0.2, 0.25) is 5.91 Å². The monoisotopic (exact) mass is 411 g/mol. The summed E-state index contributed by atoms with van der Waals surface area (Å²) in [6, 6.07) is 12.8. The Labute approximate surface area is 161 Å². The van der Waals surface area contributed by atoms with Crippen LogP contribution in [0.1, 0.15) is 38.6 Å². The Morgan fingerprint density at radius 3 is 2.81 bits per heavy atom. The van der Waals surface area contributed by atoms with Crippen LogP contribution in [0.3, 0.4) is 0 Å². The Bertz CT molecular complexity index is 963. The summed E-state index contributed by atoms with van der Waals surface area (Å²) in [5.41, 5.74) is 2.10. The molecule has 1 aliphatic heterocycles. The Balaban J connectivity index is 1.63. The molecule has 1 aromatic heterocycles. The van der Waals surface area contributed by atoms with E-state index in [1.54, 1.807) is 0 Å². The molecule has 4 rings (SSSR count). The van der Waals surface area contributed by atoms with Crippen molar-refractivity contribution in [2.45, 2.75) is 32.7 Å². The van der Waals surface area contributed by atoms with Crippen LogP contribution >= 0.6 is 15.9 Å². The minimum atomic E-state index is 0.0184. The fraction of sp³-hybridized carbons (Fsp3) is 0.333. The molecule has 3 aromatic rings. The number of imidazole rings is 1. The number of aromatic amines is 1. The smallest absolute Gasteiger partial charge is 0.225 e. The molecule has 0 spiro atoms. The summed E-state index contributed by atoms with van der Waals surface area (Å²) in [6.45, 7) is 4.74. The predicted molar refractivity (Wildman–Crippen MR) is 108 cm³/mol. The van der Waals surface area contributed by atoms with Crippen LogP contribution in [0.5, 0.6) is 0 Å². The Morgan fingerprint density at radius 1 is 1.23 bits per heavy atom. The Morgan fingerprint density at radius 2 is 2.00 bits per heavy atom. The highest BCUT2D eigenvalue weighted by atomic mass is 79.9. The molecule has 0 radical (unpaired) electrons. The third-order valence-corrected chi connectivity index (χ3v) is 5.55. The molecule has 0 unspecified atom stereocenters. The van der Waals surface area contributed by atoms with Crippen molar-refractivity contribution in [1.29, 1.82) is 0 Å². The number of nitrogens with zero attached hydrogens (tertiary/aromatic N) is 2. The van der Waals surface area contributed by atoms with Gasteiger partial charge in [-0.05, 0) is 41.8 Å². The quantitative estimate of drug-likeness (QED) is 0.634. The molecule has 0 saturated carbocycles. The minimum absolute atomic E-state index is 0.0184. The van der Waals surface area contributed by atoms with Crippen LogP contribution in [0.4, 0.5) is 0 Å². The number of rotatable bonds is 3. The molecule has 1 aliphatic rings. The number of hydrogen-bond donors (Lipinski definition) is 1. The number of halogens is 1. The number of fused-ring (bicyclic) bond motifs is 1. The summed E-state index contributed by atoms with van der Waals surface area (Å²) in [4.78, 5) is 22.5. The second-order valence-corrected chi connectivity index (χ2v) is 8.15. The van der Waals surface area contributed by atoms with Crippen LogP contribution in [-0.4, -0.2) is 27.3 Å². The zero-order valence-corrected chi connectivity index (χ0v) is 16.6. The van der Waals surface area contributed by atoms with Gasteiger partial charge in [-0.15, -0.1) is 0 Å². The number of aromatic nitrogens is 2. The van der Waals surface area contributed by atoms with Crippen molar-refractivity contribution in [2.24, 2.45) is 5.92 Å². The first kappa shape index (κ1) is 17.3. The number of H-pyrrole nitrogens is 1. The van der Waals surface area contributed by atoms with E-state index in [9.17, 15) is 4.79 Å². The van der Waals surface area contributed by atoms with Crippen LogP contribution in [0.25, 0.3) is 22.0 Å². The Hall–Kier alpha value is -2.14. The highest BCUT2D eigenvalue weighted by Crippen LogP contribution is 2.33. The van der Waals surface area contributed by atoms with Gasteiger partial charge in [0.1, 0.15) is 5.82 Å². The van der Waals surface area contributed by atoms with Crippen LogP contribution < -0.4 is 0 Å². The molecule has 1 atom stereocenters. The average molecular weight is 412 g/mol. The van der Waals surface area contributed by atoms with Crippen LogP contribution in [-0.2, 0) is 4.79 Å². The summed E-state index contributed by atoms with van der Waals surface area (Å²) in [6.07, 6.45) is 3.88. The lowest BCUT2D eigenvalue weighted by atomic mass is 10.1. The van der Waals surface area contributed by atoms with Crippen molar-refractivity contribution in [3.05, 3.63) is 52.9 Å². The lowest BCUT2D eigenvalue weighted by Crippen LogP contribution is -2.34. The minimum Gasteiger partial charge on any atom is -0.340 e. The van der Waals surface area contributed by atoms with Gasteiger partial charge in [0.15, 0.2) is 0 Å². The van der Waals surface area contributed by atoms with Gasteiger partial charge in [-0.25, -0.2) is 4.98 Å². The van der Waals surface area contributed by atoms with Crippen molar-refractivity contribution in [1.82, 2.24) is 14.9 Å². The van der Waals surface area contributed by atoms with E-state index in [1.165, 1.54) is 10.8 Å². The van der Waals surface area contributed by atoms with Gasteiger partial charge in [-0.2, -0.15) is 0 Å². The third-order valence-electron chi connectivity index (χ3n) is 5.05. The van der Waals surface area contributed by atoms with Crippen molar-refractivity contribution in [3.8, 4) is 11.3 Å². The molecule has 2 aromatic carbocycles. The maximum absolute atomic E-state index is 12.5. The molecule has 134 valence electrons. The zero-order valence-electron chi connectivity index (χ0n) is 15.0. The summed E-state index contributed by atoms with van der Waals surface area (Å²) >= 11 is 3.52. The summed E-state index contributed by atoms with van der Waals surface area (Å²) in [5.74, 6) is 1.12. The van der Waals surface area contributed by atoms with Crippen LogP contribution in [0.15, 0.2) is 47.1 Å². The first-order valence-corrected chi connectivity index (χ1v) is 9.87. The largest absolute Gasteiger partial charge is 0.340 e. The highest BCUT2D eigenvalue weighted by molar-refractivity contribution is 9.10. The van der Waals surface area contributed by atoms with Gasteiger partial charge in [-0.3, -0.25) is 4.79 Å².